The Morgan fingerprint density at radius 2 is 1.95 bits per heavy atom. The van der Waals surface area contributed by atoms with Crippen molar-refractivity contribution in [1.82, 2.24) is 14.8 Å². The fraction of sp³-hybridized carbons (Fsp3) is 0.462. The first-order chi connectivity index (χ1) is 9.61. The number of hydrogen-bond donors (Lipinski definition) is 0. The van der Waals surface area contributed by atoms with Crippen molar-refractivity contribution >= 4 is 12.0 Å². The highest BCUT2D eigenvalue weighted by Gasteiger charge is 2.25. The van der Waals surface area contributed by atoms with Gasteiger partial charge in [0.15, 0.2) is 0 Å². The summed E-state index contributed by atoms with van der Waals surface area (Å²) >= 11 is 0. The van der Waals surface area contributed by atoms with Crippen LogP contribution < -0.4 is 0 Å². The third kappa shape index (κ3) is 3.23. The molecule has 1 saturated heterocycles. The average Bonchev–Trinajstić information content (AvgIpc) is 2.47. The number of halogens is 1. The minimum absolute atomic E-state index is 0.255. The van der Waals surface area contributed by atoms with E-state index < -0.39 is 5.95 Å². The van der Waals surface area contributed by atoms with Crippen LogP contribution >= 0.6 is 0 Å². The Morgan fingerprint density at radius 3 is 2.55 bits per heavy atom. The fourth-order valence-electron chi connectivity index (χ4n) is 2.02. The molecule has 2 rings (SSSR count). The maximum absolute atomic E-state index is 13.0. The molecular weight excluding hydrogens is 265 g/mol. The smallest absolute Gasteiger partial charge is 0.409 e. The van der Waals surface area contributed by atoms with E-state index in [1.165, 1.54) is 12.3 Å². The molecule has 1 aliphatic heterocycles. The number of ether oxygens (including phenoxy) is 1. The zero-order valence-electron chi connectivity index (χ0n) is 11.2. The fourth-order valence-corrected chi connectivity index (χ4v) is 2.02. The third-order valence-corrected chi connectivity index (χ3v) is 3.07. The number of pyridine rings is 1. The van der Waals surface area contributed by atoms with Gasteiger partial charge in [-0.2, -0.15) is 4.39 Å². The molecule has 2 amide bonds. The average molecular weight is 281 g/mol. The van der Waals surface area contributed by atoms with Gasteiger partial charge < -0.3 is 14.5 Å². The van der Waals surface area contributed by atoms with Gasteiger partial charge in [0.25, 0.3) is 5.91 Å². The second-order valence-electron chi connectivity index (χ2n) is 4.35. The van der Waals surface area contributed by atoms with Crippen molar-refractivity contribution in [3.63, 3.8) is 0 Å². The van der Waals surface area contributed by atoms with Crippen molar-refractivity contribution in [1.29, 1.82) is 0 Å². The third-order valence-electron chi connectivity index (χ3n) is 3.07. The molecule has 0 unspecified atom stereocenters. The van der Waals surface area contributed by atoms with E-state index in [1.54, 1.807) is 16.7 Å². The van der Waals surface area contributed by atoms with Gasteiger partial charge in [-0.3, -0.25) is 4.79 Å². The Bertz CT molecular complexity index is 501. The molecule has 7 heteroatoms. The van der Waals surface area contributed by atoms with Gasteiger partial charge >= 0.3 is 6.09 Å². The summed E-state index contributed by atoms with van der Waals surface area (Å²) < 4.78 is 17.9. The van der Waals surface area contributed by atoms with E-state index in [0.29, 0.717) is 32.8 Å². The number of aromatic nitrogens is 1. The molecule has 1 aliphatic rings. The molecule has 20 heavy (non-hydrogen) atoms. The molecule has 2 heterocycles. The Kier molecular flexibility index (Phi) is 4.49. The first-order valence-corrected chi connectivity index (χ1v) is 6.44. The van der Waals surface area contributed by atoms with Crippen LogP contribution in [0.25, 0.3) is 0 Å². The van der Waals surface area contributed by atoms with Crippen molar-refractivity contribution in [3.8, 4) is 0 Å². The second kappa shape index (κ2) is 6.31. The van der Waals surface area contributed by atoms with Crippen molar-refractivity contribution in [2.75, 3.05) is 32.8 Å². The summed E-state index contributed by atoms with van der Waals surface area (Å²) in [5.74, 6) is -0.934. The summed E-state index contributed by atoms with van der Waals surface area (Å²) in [7, 11) is 0. The van der Waals surface area contributed by atoms with Gasteiger partial charge in [-0.15, -0.1) is 0 Å². The van der Waals surface area contributed by atoms with E-state index in [-0.39, 0.29) is 17.6 Å². The number of carbonyl (C=O) groups excluding carboxylic acids is 2. The van der Waals surface area contributed by atoms with Crippen molar-refractivity contribution < 1.29 is 18.7 Å². The van der Waals surface area contributed by atoms with Gasteiger partial charge in [0, 0.05) is 44.0 Å². The molecule has 6 nitrogen and oxygen atoms in total. The van der Waals surface area contributed by atoms with Gasteiger partial charge in [0.2, 0.25) is 5.95 Å². The zero-order chi connectivity index (χ0) is 14.5. The van der Waals surface area contributed by atoms with Gasteiger partial charge in [-0.1, -0.05) is 0 Å². The van der Waals surface area contributed by atoms with E-state index >= 15 is 0 Å². The second-order valence-corrected chi connectivity index (χ2v) is 4.35. The normalized spacial score (nSPS) is 15.1. The van der Waals surface area contributed by atoms with Crippen LogP contribution in [-0.2, 0) is 4.74 Å². The molecular formula is C13H16FN3O3. The number of hydrogen-bond acceptors (Lipinski definition) is 4. The van der Waals surface area contributed by atoms with Crippen LogP contribution in [0.1, 0.15) is 17.3 Å². The lowest BCUT2D eigenvalue weighted by atomic mass is 10.2. The Labute approximate surface area is 116 Å². The summed E-state index contributed by atoms with van der Waals surface area (Å²) in [6.07, 6.45) is 0.895. The zero-order valence-corrected chi connectivity index (χ0v) is 11.2. The summed E-state index contributed by atoms with van der Waals surface area (Å²) in [5, 5.41) is 0. The van der Waals surface area contributed by atoms with Crippen LogP contribution in [0, 0.1) is 5.95 Å². The largest absolute Gasteiger partial charge is 0.450 e. The molecule has 1 fully saturated rings. The lowest BCUT2D eigenvalue weighted by Crippen LogP contribution is -2.50. The van der Waals surface area contributed by atoms with Crippen LogP contribution in [0.5, 0.6) is 0 Å². The van der Waals surface area contributed by atoms with Gasteiger partial charge in [-0.05, 0) is 13.0 Å². The van der Waals surface area contributed by atoms with Crippen LogP contribution in [0.4, 0.5) is 9.18 Å². The van der Waals surface area contributed by atoms with Crippen LogP contribution in [0.2, 0.25) is 0 Å². The molecule has 1 aromatic rings. The van der Waals surface area contributed by atoms with Crippen molar-refractivity contribution in [3.05, 3.63) is 29.8 Å². The Balaban J connectivity index is 1.93. The van der Waals surface area contributed by atoms with Gasteiger partial charge in [-0.25, -0.2) is 9.78 Å². The van der Waals surface area contributed by atoms with Crippen LogP contribution in [0.15, 0.2) is 18.3 Å². The molecule has 0 atom stereocenters. The molecule has 0 aliphatic carbocycles. The molecule has 0 bridgehead atoms. The van der Waals surface area contributed by atoms with Crippen molar-refractivity contribution in [2.24, 2.45) is 0 Å². The van der Waals surface area contributed by atoms with Crippen molar-refractivity contribution in [2.45, 2.75) is 6.92 Å². The van der Waals surface area contributed by atoms with E-state index in [1.807, 2.05) is 0 Å². The van der Waals surface area contributed by atoms with Gasteiger partial charge in [0.05, 0.1) is 6.61 Å². The first-order valence-electron chi connectivity index (χ1n) is 6.44. The predicted molar refractivity (Wildman–Crippen MR) is 68.7 cm³/mol. The summed E-state index contributed by atoms with van der Waals surface area (Å²) in [4.78, 5) is 30.2. The topological polar surface area (TPSA) is 62.7 Å². The Hall–Kier alpha value is -2.18. The molecule has 0 spiro atoms. The molecule has 0 radical (unpaired) electrons. The highest BCUT2D eigenvalue weighted by Crippen LogP contribution is 2.10. The minimum Gasteiger partial charge on any atom is -0.450 e. The summed E-state index contributed by atoms with van der Waals surface area (Å²) in [5.41, 5.74) is 0.266. The maximum Gasteiger partial charge on any atom is 0.409 e. The number of piperazine rings is 1. The monoisotopic (exact) mass is 281 g/mol. The summed E-state index contributed by atoms with van der Waals surface area (Å²) in [6.45, 7) is 3.71. The lowest BCUT2D eigenvalue weighted by Gasteiger charge is -2.34. The van der Waals surface area contributed by atoms with Crippen LogP contribution in [0.3, 0.4) is 0 Å². The number of rotatable bonds is 2. The SMILES string of the molecule is CCOC(=O)N1CCN(C(=O)c2ccnc(F)c2)CC1. The number of carbonyl (C=O) groups is 2. The highest BCUT2D eigenvalue weighted by molar-refractivity contribution is 5.94. The number of nitrogens with zero attached hydrogens (tertiary/aromatic N) is 3. The maximum atomic E-state index is 13.0. The number of amides is 2. The first kappa shape index (κ1) is 14.2. The predicted octanol–water partition coefficient (Wildman–Crippen LogP) is 1.14. The van der Waals surface area contributed by atoms with E-state index in [9.17, 15) is 14.0 Å². The molecule has 0 N–H and O–H groups in total. The van der Waals surface area contributed by atoms with E-state index in [4.69, 9.17) is 4.74 Å². The highest BCUT2D eigenvalue weighted by atomic mass is 19.1. The molecule has 0 aromatic carbocycles. The van der Waals surface area contributed by atoms with E-state index in [0.717, 1.165) is 6.07 Å². The Morgan fingerprint density at radius 1 is 1.30 bits per heavy atom. The molecule has 1 aromatic heterocycles. The van der Waals surface area contributed by atoms with Crippen LogP contribution in [-0.4, -0.2) is 59.6 Å². The lowest BCUT2D eigenvalue weighted by molar-refractivity contribution is 0.0570. The minimum atomic E-state index is -0.680. The molecule has 108 valence electrons. The quantitative estimate of drug-likeness (QED) is 0.762. The van der Waals surface area contributed by atoms with Gasteiger partial charge in [0.1, 0.15) is 0 Å². The molecule has 0 saturated carbocycles. The standard InChI is InChI=1S/C13H16FN3O3/c1-2-20-13(19)17-7-5-16(6-8-17)12(18)10-3-4-15-11(14)9-10/h3-4,9H,2,5-8H2,1H3. The van der Waals surface area contributed by atoms with E-state index in [2.05, 4.69) is 4.98 Å². The summed E-state index contributed by atoms with van der Waals surface area (Å²) in [6, 6.07) is 2.59.